The van der Waals surface area contributed by atoms with Gasteiger partial charge in [-0.1, -0.05) is 11.6 Å². The van der Waals surface area contributed by atoms with Crippen LogP contribution in [0.5, 0.6) is 0 Å². The SMILES string of the molecule is Cc1ccc(NC(=O)c2cc(C3CC3)[nH]n2)c(C(=O)O)c1. The highest BCUT2D eigenvalue weighted by atomic mass is 16.4. The molecule has 6 heteroatoms. The van der Waals surface area contributed by atoms with Gasteiger partial charge in [0.1, 0.15) is 0 Å². The average Bonchev–Trinajstić information content (AvgIpc) is 3.18. The number of H-pyrrole nitrogens is 1. The Bertz CT molecular complexity index is 717. The predicted octanol–water partition coefficient (Wildman–Crippen LogP) is 2.55. The molecule has 0 spiro atoms. The second-order valence-electron chi connectivity index (χ2n) is 5.29. The zero-order valence-electron chi connectivity index (χ0n) is 11.5. The van der Waals surface area contributed by atoms with Crippen LogP contribution >= 0.6 is 0 Å². The normalized spacial score (nSPS) is 14.0. The minimum atomic E-state index is -1.07. The molecule has 0 aliphatic heterocycles. The Balaban J connectivity index is 1.81. The molecule has 21 heavy (non-hydrogen) atoms. The number of aryl methyl sites for hydroxylation is 1. The number of nitrogens with zero attached hydrogens (tertiary/aromatic N) is 1. The van der Waals surface area contributed by atoms with Crippen LogP contribution in [0.1, 0.15) is 50.9 Å². The van der Waals surface area contributed by atoms with Crippen LogP contribution in [0.2, 0.25) is 0 Å². The van der Waals surface area contributed by atoms with Crippen LogP contribution in [-0.4, -0.2) is 27.2 Å². The molecule has 1 saturated carbocycles. The fourth-order valence-electron chi connectivity index (χ4n) is 2.19. The van der Waals surface area contributed by atoms with E-state index in [9.17, 15) is 14.7 Å². The Morgan fingerprint density at radius 2 is 2.10 bits per heavy atom. The molecule has 1 heterocycles. The monoisotopic (exact) mass is 285 g/mol. The van der Waals surface area contributed by atoms with E-state index in [1.165, 1.54) is 6.07 Å². The molecule has 0 atom stereocenters. The Hall–Kier alpha value is -2.63. The third-order valence-corrected chi connectivity index (χ3v) is 3.50. The maximum atomic E-state index is 12.1. The largest absolute Gasteiger partial charge is 0.478 e. The number of benzene rings is 1. The Morgan fingerprint density at radius 3 is 2.76 bits per heavy atom. The van der Waals surface area contributed by atoms with Gasteiger partial charge in [-0.25, -0.2) is 4.79 Å². The first kappa shape index (κ1) is 13.4. The van der Waals surface area contributed by atoms with Crippen LogP contribution < -0.4 is 5.32 Å². The van der Waals surface area contributed by atoms with Gasteiger partial charge in [-0.05, 0) is 38.0 Å². The first-order chi connectivity index (χ1) is 10.0. The molecule has 1 aromatic heterocycles. The number of nitrogens with one attached hydrogen (secondary N) is 2. The van der Waals surface area contributed by atoms with E-state index < -0.39 is 11.9 Å². The zero-order valence-corrected chi connectivity index (χ0v) is 11.5. The van der Waals surface area contributed by atoms with Gasteiger partial charge in [0.05, 0.1) is 11.3 Å². The summed E-state index contributed by atoms with van der Waals surface area (Å²) in [7, 11) is 0. The summed E-state index contributed by atoms with van der Waals surface area (Å²) >= 11 is 0. The number of anilines is 1. The topological polar surface area (TPSA) is 95.1 Å². The number of hydrogen-bond acceptors (Lipinski definition) is 3. The Labute approximate surface area is 121 Å². The van der Waals surface area contributed by atoms with Gasteiger partial charge in [-0.2, -0.15) is 5.10 Å². The maximum Gasteiger partial charge on any atom is 0.337 e. The van der Waals surface area contributed by atoms with Crippen molar-refractivity contribution in [3.63, 3.8) is 0 Å². The number of carboxylic acids is 1. The molecule has 1 aliphatic carbocycles. The number of carbonyl (C=O) groups excluding carboxylic acids is 1. The van der Waals surface area contributed by atoms with Crippen LogP contribution in [0.4, 0.5) is 5.69 Å². The van der Waals surface area contributed by atoms with Crippen LogP contribution in [-0.2, 0) is 0 Å². The van der Waals surface area contributed by atoms with Gasteiger partial charge in [0.25, 0.3) is 5.91 Å². The number of amides is 1. The third kappa shape index (κ3) is 2.79. The Kier molecular flexibility index (Phi) is 3.21. The molecule has 0 bridgehead atoms. The molecule has 6 nitrogen and oxygen atoms in total. The second kappa shape index (κ2) is 5.05. The van der Waals surface area contributed by atoms with Crippen molar-refractivity contribution < 1.29 is 14.7 Å². The molecule has 108 valence electrons. The number of carbonyl (C=O) groups is 2. The fourth-order valence-corrected chi connectivity index (χ4v) is 2.19. The van der Waals surface area contributed by atoms with E-state index in [0.29, 0.717) is 5.92 Å². The summed E-state index contributed by atoms with van der Waals surface area (Å²) in [6.07, 6.45) is 2.23. The molecule has 1 aromatic carbocycles. The number of aromatic nitrogens is 2. The second-order valence-corrected chi connectivity index (χ2v) is 5.29. The number of rotatable bonds is 4. The highest BCUT2D eigenvalue weighted by Gasteiger charge is 2.26. The summed E-state index contributed by atoms with van der Waals surface area (Å²) in [6.45, 7) is 1.80. The van der Waals surface area contributed by atoms with E-state index in [4.69, 9.17) is 0 Å². The number of aromatic carboxylic acids is 1. The summed E-state index contributed by atoms with van der Waals surface area (Å²) in [5.74, 6) is -1.01. The standard InChI is InChI=1S/C15H15N3O3/c1-8-2-5-11(10(6-8)15(20)21)16-14(19)13-7-12(17-18-13)9-3-4-9/h2,5-7,9H,3-4H2,1H3,(H,16,19)(H,17,18)(H,20,21). The van der Waals surface area contributed by atoms with E-state index in [0.717, 1.165) is 24.1 Å². The summed E-state index contributed by atoms with van der Waals surface area (Å²) in [5, 5.41) is 18.6. The molecular weight excluding hydrogens is 270 g/mol. The Morgan fingerprint density at radius 1 is 1.33 bits per heavy atom. The van der Waals surface area contributed by atoms with Crippen LogP contribution in [0.3, 0.4) is 0 Å². The van der Waals surface area contributed by atoms with Gasteiger partial charge in [0, 0.05) is 11.6 Å². The molecular formula is C15H15N3O3. The highest BCUT2D eigenvalue weighted by molar-refractivity contribution is 6.06. The molecule has 3 rings (SSSR count). The minimum absolute atomic E-state index is 0.0707. The van der Waals surface area contributed by atoms with Gasteiger partial charge in [-0.3, -0.25) is 9.89 Å². The van der Waals surface area contributed by atoms with Crippen LogP contribution in [0.15, 0.2) is 24.3 Å². The number of aromatic amines is 1. The molecule has 0 radical (unpaired) electrons. The molecule has 0 saturated heterocycles. The lowest BCUT2D eigenvalue weighted by Gasteiger charge is -2.08. The van der Waals surface area contributed by atoms with E-state index >= 15 is 0 Å². The van der Waals surface area contributed by atoms with Crippen molar-refractivity contribution >= 4 is 17.6 Å². The van der Waals surface area contributed by atoms with Crippen molar-refractivity contribution in [2.24, 2.45) is 0 Å². The van der Waals surface area contributed by atoms with Gasteiger partial charge in [-0.15, -0.1) is 0 Å². The van der Waals surface area contributed by atoms with E-state index in [-0.39, 0.29) is 16.9 Å². The highest BCUT2D eigenvalue weighted by Crippen LogP contribution is 2.39. The lowest BCUT2D eigenvalue weighted by Crippen LogP contribution is -2.15. The van der Waals surface area contributed by atoms with Crippen molar-refractivity contribution in [2.75, 3.05) is 5.32 Å². The predicted molar refractivity (Wildman–Crippen MR) is 76.7 cm³/mol. The van der Waals surface area contributed by atoms with Crippen molar-refractivity contribution in [3.8, 4) is 0 Å². The van der Waals surface area contributed by atoms with Crippen LogP contribution in [0.25, 0.3) is 0 Å². The van der Waals surface area contributed by atoms with Gasteiger partial charge >= 0.3 is 5.97 Å². The van der Waals surface area contributed by atoms with Crippen molar-refractivity contribution in [3.05, 3.63) is 46.8 Å². The average molecular weight is 285 g/mol. The van der Waals surface area contributed by atoms with Gasteiger partial charge in [0.15, 0.2) is 5.69 Å². The fraction of sp³-hybridized carbons (Fsp3) is 0.267. The van der Waals surface area contributed by atoms with Crippen molar-refractivity contribution in [1.29, 1.82) is 0 Å². The van der Waals surface area contributed by atoms with E-state index in [1.54, 1.807) is 25.1 Å². The van der Waals surface area contributed by atoms with E-state index in [2.05, 4.69) is 15.5 Å². The molecule has 1 amide bonds. The summed E-state index contributed by atoms with van der Waals surface area (Å²) in [5.41, 5.74) is 2.40. The van der Waals surface area contributed by atoms with Gasteiger partial charge < -0.3 is 10.4 Å². The molecule has 1 aliphatic rings. The number of hydrogen-bond donors (Lipinski definition) is 3. The van der Waals surface area contributed by atoms with Gasteiger partial charge in [0.2, 0.25) is 0 Å². The third-order valence-electron chi connectivity index (χ3n) is 3.50. The maximum absolute atomic E-state index is 12.1. The first-order valence-corrected chi connectivity index (χ1v) is 6.75. The lowest BCUT2D eigenvalue weighted by molar-refractivity contribution is 0.0698. The summed E-state index contributed by atoms with van der Waals surface area (Å²) in [4.78, 5) is 23.4. The molecule has 0 unspecified atom stereocenters. The van der Waals surface area contributed by atoms with Crippen molar-refractivity contribution in [2.45, 2.75) is 25.7 Å². The zero-order chi connectivity index (χ0) is 15.0. The van der Waals surface area contributed by atoms with Crippen molar-refractivity contribution in [1.82, 2.24) is 10.2 Å². The van der Waals surface area contributed by atoms with Crippen LogP contribution in [0, 0.1) is 6.92 Å². The summed E-state index contributed by atoms with van der Waals surface area (Å²) in [6, 6.07) is 6.59. The molecule has 2 aromatic rings. The first-order valence-electron chi connectivity index (χ1n) is 6.75. The smallest absolute Gasteiger partial charge is 0.337 e. The summed E-state index contributed by atoms with van der Waals surface area (Å²) < 4.78 is 0. The lowest BCUT2D eigenvalue weighted by atomic mass is 10.1. The van der Waals surface area contributed by atoms with E-state index in [1.807, 2.05) is 0 Å². The molecule has 1 fully saturated rings. The quantitative estimate of drug-likeness (QED) is 0.804. The molecule has 3 N–H and O–H groups in total. The minimum Gasteiger partial charge on any atom is -0.478 e. The number of carboxylic acid groups (broad SMARTS) is 1.